The van der Waals surface area contributed by atoms with Gasteiger partial charge in [0.2, 0.25) is 0 Å². The van der Waals surface area contributed by atoms with Crippen LogP contribution in [0, 0.1) is 0 Å². The van der Waals surface area contributed by atoms with Crippen LogP contribution < -0.4 is 0 Å². The van der Waals surface area contributed by atoms with Gasteiger partial charge in [-0.3, -0.25) is 4.79 Å². The average molecular weight is 315 g/mol. The normalized spacial score (nSPS) is 10.8. The van der Waals surface area contributed by atoms with Gasteiger partial charge in [0, 0.05) is 12.0 Å². The summed E-state index contributed by atoms with van der Waals surface area (Å²) in [7, 11) is 0. The van der Waals surface area contributed by atoms with Crippen LogP contribution in [0.1, 0.15) is 75.1 Å². The van der Waals surface area contributed by atoms with Gasteiger partial charge in [-0.15, -0.1) is 0 Å². The number of rotatable bonds is 10. The van der Waals surface area contributed by atoms with Crippen LogP contribution in [0.25, 0.3) is 0 Å². The fourth-order valence-electron chi connectivity index (χ4n) is 2.23. The van der Waals surface area contributed by atoms with E-state index in [1.165, 1.54) is 38.5 Å². The zero-order valence-electron chi connectivity index (χ0n) is 12.3. The molecule has 1 aromatic carbocycles. The number of halogens is 2. The lowest BCUT2D eigenvalue weighted by molar-refractivity contribution is 0.0979. The zero-order valence-corrected chi connectivity index (χ0v) is 13.8. The quantitative estimate of drug-likeness (QED) is 0.346. The molecule has 0 unspecified atom stereocenters. The molecule has 0 saturated carbocycles. The molecule has 0 saturated heterocycles. The van der Waals surface area contributed by atoms with Crippen molar-refractivity contribution in [2.45, 2.75) is 64.7 Å². The van der Waals surface area contributed by atoms with Gasteiger partial charge in [-0.25, -0.2) is 0 Å². The molecule has 0 aliphatic carbocycles. The van der Waals surface area contributed by atoms with Crippen molar-refractivity contribution in [2.75, 3.05) is 0 Å². The summed E-state index contributed by atoms with van der Waals surface area (Å²) in [6.07, 6.45) is 10.5. The molecule has 3 heteroatoms. The summed E-state index contributed by atoms with van der Waals surface area (Å²) in [5.74, 6) is 0.162. The van der Waals surface area contributed by atoms with E-state index in [2.05, 4.69) is 6.92 Å². The zero-order chi connectivity index (χ0) is 14.8. The highest BCUT2D eigenvalue weighted by molar-refractivity contribution is 6.42. The first-order valence-electron chi connectivity index (χ1n) is 7.63. The molecule has 0 bridgehead atoms. The van der Waals surface area contributed by atoms with Gasteiger partial charge in [-0.1, -0.05) is 75.1 Å². The van der Waals surface area contributed by atoms with Gasteiger partial charge in [0.1, 0.15) is 0 Å². The molecule has 20 heavy (non-hydrogen) atoms. The first-order chi connectivity index (χ1) is 9.65. The molecule has 0 fully saturated rings. The molecule has 0 heterocycles. The smallest absolute Gasteiger partial charge is 0.162 e. The standard InChI is InChI=1S/C17H24Cl2O/c1-2-3-4-5-6-7-8-9-10-17(20)14-11-12-15(18)16(19)13-14/h11-13H,2-10H2,1H3. The van der Waals surface area contributed by atoms with Crippen molar-refractivity contribution in [1.29, 1.82) is 0 Å². The molecule has 112 valence electrons. The Morgan fingerprint density at radius 2 is 1.50 bits per heavy atom. The highest BCUT2D eigenvalue weighted by Gasteiger charge is 2.07. The summed E-state index contributed by atoms with van der Waals surface area (Å²) in [6.45, 7) is 2.23. The lowest BCUT2D eigenvalue weighted by Gasteiger charge is -2.03. The molecule has 1 nitrogen and oxygen atoms in total. The highest BCUT2D eigenvalue weighted by atomic mass is 35.5. The largest absolute Gasteiger partial charge is 0.294 e. The van der Waals surface area contributed by atoms with E-state index >= 15 is 0 Å². The predicted octanol–water partition coefficient (Wildman–Crippen LogP) is 6.71. The summed E-state index contributed by atoms with van der Waals surface area (Å²) in [5.41, 5.74) is 0.669. The van der Waals surface area contributed by atoms with Crippen molar-refractivity contribution < 1.29 is 4.79 Å². The van der Waals surface area contributed by atoms with E-state index in [0.717, 1.165) is 12.8 Å². The summed E-state index contributed by atoms with van der Waals surface area (Å²) in [5, 5.41) is 0.948. The third-order valence-corrected chi connectivity index (χ3v) is 4.24. The third kappa shape index (κ3) is 6.76. The van der Waals surface area contributed by atoms with Gasteiger partial charge >= 0.3 is 0 Å². The second kappa shape index (κ2) is 10.2. The molecule has 0 radical (unpaired) electrons. The van der Waals surface area contributed by atoms with E-state index < -0.39 is 0 Å². The van der Waals surface area contributed by atoms with Crippen LogP contribution >= 0.6 is 23.2 Å². The van der Waals surface area contributed by atoms with E-state index in [-0.39, 0.29) is 5.78 Å². The Bertz CT molecular complexity index is 415. The van der Waals surface area contributed by atoms with Gasteiger partial charge in [0.25, 0.3) is 0 Å². The van der Waals surface area contributed by atoms with Crippen molar-refractivity contribution in [3.8, 4) is 0 Å². The van der Waals surface area contributed by atoms with Crippen LogP contribution in [0.5, 0.6) is 0 Å². The molecule has 1 aromatic rings. The number of hydrogen-bond donors (Lipinski definition) is 0. The van der Waals surface area contributed by atoms with E-state index in [9.17, 15) is 4.79 Å². The molecule has 0 aromatic heterocycles. The van der Waals surface area contributed by atoms with Crippen molar-refractivity contribution in [1.82, 2.24) is 0 Å². The summed E-state index contributed by atoms with van der Waals surface area (Å²) < 4.78 is 0. The molecule has 0 spiro atoms. The Morgan fingerprint density at radius 1 is 0.900 bits per heavy atom. The second-order valence-electron chi connectivity index (χ2n) is 5.28. The second-order valence-corrected chi connectivity index (χ2v) is 6.09. The number of hydrogen-bond acceptors (Lipinski definition) is 1. The first kappa shape index (κ1) is 17.5. The molecule has 0 N–H and O–H groups in total. The van der Waals surface area contributed by atoms with Gasteiger partial charge in [0.05, 0.1) is 10.0 Å². The lowest BCUT2D eigenvalue weighted by atomic mass is 10.0. The molecule has 0 atom stereocenters. The van der Waals surface area contributed by atoms with Crippen LogP contribution in [0.3, 0.4) is 0 Å². The van der Waals surface area contributed by atoms with Gasteiger partial charge in [-0.05, 0) is 24.6 Å². The topological polar surface area (TPSA) is 17.1 Å². The highest BCUT2D eigenvalue weighted by Crippen LogP contribution is 2.23. The Labute approximate surface area is 132 Å². The Balaban J connectivity index is 2.15. The van der Waals surface area contributed by atoms with Gasteiger partial charge < -0.3 is 0 Å². The maximum Gasteiger partial charge on any atom is 0.162 e. The van der Waals surface area contributed by atoms with Crippen LogP contribution in [-0.2, 0) is 0 Å². The SMILES string of the molecule is CCCCCCCCCCC(=O)c1ccc(Cl)c(Cl)c1. The molecule has 0 amide bonds. The maximum absolute atomic E-state index is 12.0. The van der Waals surface area contributed by atoms with E-state index in [0.29, 0.717) is 22.0 Å². The van der Waals surface area contributed by atoms with Crippen molar-refractivity contribution in [3.05, 3.63) is 33.8 Å². The molecule has 0 aliphatic heterocycles. The Kier molecular flexibility index (Phi) is 8.97. The summed E-state index contributed by atoms with van der Waals surface area (Å²) in [4.78, 5) is 12.0. The summed E-state index contributed by atoms with van der Waals surface area (Å²) in [6, 6.07) is 5.10. The predicted molar refractivity (Wildman–Crippen MR) is 88.0 cm³/mol. The Hall–Kier alpha value is -0.530. The fourth-order valence-corrected chi connectivity index (χ4v) is 2.53. The third-order valence-electron chi connectivity index (χ3n) is 3.50. The van der Waals surface area contributed by atoms with E-state index in [1.807, 2.05) is 0 Å². The molecular formula is C17H24Cl2O. The first-order valence-corrected chi connectivity index (χ1v) is 8.39. The van der Waals surface area contributed by atoms with Crippen molar-refractivity contribution >= 4 is 29.0 Å². The van der Waals surface area contributed by atoms with E-state index in [1.54, 1.807) is 18.2 Å². The minimum absolute atomic E-state index is 0.162. The van der Waals surface area contributed by atoms with Crippen LogP contribution in [-0.4, -0.2) is 5.78 Å². The van der Waals surface area contributed by atoms with Gasteiger partial charge in [-0.2, -0.15) is 0 Å². The maximum atomic E-state index is 12.0. The number of unbranched alkanes of at least 4 members (excludes halogenated alkanes) is 7. The molecular weight excluding hydrogens is 291 g/mol. The Morgan fingerprint density at radius 3 is 2.10 bits per heavy atom. The van der Waals surface area contributed by atoms with E-state index in [4.69, 9.17) is 23.2 Å². The lowest BCUT2D eigenvalue weighted by Crippen LogP contribution is -1.98. The van der Waals surface area contributed by atoms with Crippen molar-refractivity contribution in [3.63, 3.8) is 0 Å². The number of ketones is 1. The molecule has 0 aliphatic rings. The fraction of sp³-hybridized carbons (Fsp3) is 0.588. The number of Topliss-reactive ketones (excluding diaryl/α,β-unsaturated/α-hetero) is 1. The minimum Gasteiger partial charge on any atom is -0.294 e. The number of carbonyl (C=O) groups excluding carboxylic acids is 1. The van der Waals surface area contributed by atoms with Crippen LogP contribution in [0.4, 0.5) is 0 Å². The summed E-state index contributed by atoms with van der Waals surface area (Å²) >= 11 is 11.8. The van der Waals surface area contributed by atoms with Crippen LogP contribution in [0.15, 0.2) is 18.2 Å². The molecule has 1 rings (SSSR count). The average Bonchev–Trinajstić information content (AvgIpc) is 2.44. The van der Waals surface area contributed by atoms with Crippen LogP contribution in [0.2, 0.25) is 10.0 Å². The monoisotopic (exact) mass is 314 g/mol. The number of benzene rings is 1. The van der Waals surface area contributed by atoms with Gasteiger partial charge in [0.15, 0.2) is 5.78 Å². The minimum atomic E-state index is 0.162. The van der Waals surface area contributed by atoms with Crippen molar-refractivity contribution in [2.24, 2.45) is 0 Å². The number of carbonyl (C=O) groups is 1.